The molecule has 2 heterocycles. The third kappa shape index (κ3) is 7.14. The smallest absolute Gasteiger partial charge is 0.419 e. The number of carbonyl (C=O) groups excluding carboxylic acids is 2. The highest BCUT2D eigenvalue weighted by Crippen LogP contribution is 2.40. The summed E-state index contributed by atoms with van der Waals surface area (Å²) in [6.45, 7) is 11.6. The van der Waals surface area contributed by atoms with Gasteiger partial charge in [-0.3, -0.25) is 9.78 Å². The van der Waals surface area contributed by atoms with Crippen molar-refractivity contribution in [1.82, 2.24) is 15.2 Å². The number of amides is 2. The molecule has 0 radical (unpaired) electrons. The molecule has 2 atom stereocenters. The average molecular weight is 522 g/mol. The Bertz CT molecular complexity index is 1140. The van der Waals surface area contributed by atoms with Crippen LogP contribution in [0.2, 0.25) is 0 Å². The number of aromatic nitrogens is 1. The third-order valence-electron chi connectivity index (χ3n) is 5.89. The van der Waals surface area contributed by atoms with Gasteiger partial charge in [-0.15, -0.1) is 0 Å². The van der Waals surface area contributed by atoms with Gasteiger partial charge in [0.25, 0.3) is 5.91 Å². The highest BCUT2D eigenvalue weighted by atomic mass is 19.4. The molecule has 2 unspecified atom stereocenters. The highest BCUT2D eigenvalue weighted by molar-refractivity contribution is 6.04. The van der Waals surface area contributed by atoms with Gasteiger partial charge in [-0.1, -0.05) is 13.0 Å². The zero-order valence-electron chi connectivity index (χ0n) is 22.0. The van der Waals surface area contributed by atoms with E-state index in [4.69, 9.17) is 9.47 Å². The minimum atomic E-state index is -4.66. The number of carbonyl (C=O) groups is 2. The first-order chi connectivity index (χ1) is 17.2. The summed E-state index contributed by atoms with van der Waals surface area (Å²) in [6, 6.07) is 5.14. The van der Waals surface area contributed by atoms with Crippen LogP contribution >= 0.6 is 0 Å². The first kappa shape index (κ1) is 28.3. The van der Waals surface area contributed by atoms with E-state index < -0.39 is 23.4 Å². The maximum absolute atomic E-state index is 14.0. The lowest BCUT2D eigenvalue weighted by Gasteiger charge is -2.23. The van der Waals surface area contributed by atoms with Crippen LogP contribution in [0.4, 0.5) is 18.0 Å². The van der Waals surface area contributed by atoms with E-state index in [1.807, 2.05) is 13.8 Å². The van der Waals surface area contributed by atoms with Crippen molar-refractivity contribution in [3.63, 3.8) is 0 Å². The number of benzene rings is 1. The zero-order valence-corrected chi connectivity index (χ0v) is 22.0. The van der Waals surface area contributed by atoms with Gasteiger partial charge in [0.1, 0.15) is 11.4 Å². The number of nitrogens with zero attached hydrogens (tertiary/aromatic N) is 2. The van der Waals surface area contributed by atoms with E-state index in [0.29, 0.717) is 36.3 Å². The van der Waals surface area contributed by atoms with Gasteiger partial charge >= 0.3 is 12.3 Å². The Morgan fingerprint density at radius 3 is 2.51 bits per heavy atom. The predicted molar refractivity (Wildman–Crippen MR) is 133 cm³/mol. The number of alkyl halides is 3. The van der Waals surface area contributed by atoms with Crippen LogP contribution in [-0.4, -0.2) is 46.7 Å². The Kier molecular flexibility index (Phi) is 8.39. The second-order valence-corrected chi connectivity index (χ2v) is 10.4. The molecule has 202 valence electrons. The Hall–Kier alpha value is -3.30. The molecule has 0 saturated heterocycles. The van der Waals surface area contributed by atoms with Gasteiger partial charge in [-0.25, -0.2) is 4.79 Å². The van der Waals surface area contributed by atoms with Crippen molar-refractivity contribution >= 4 is 12.0 Å². The van der Waals surface area contributed by atoms with E-state index in [1.54, 1.807) is 38.7 Å². The molecule has 7 nitrogen and oxygen atoms in total. The molecule has 10 heteroatoms. The molecule has 0 bridgehead atoms. The summed E-state index contributed by atoms with van der Waals surface area (Å²) >= 11 is 0. The van der Waals surface area contributed by atoms with E-state index in [1.165, 1.54) is 18.3 Å². The summed E-state index contributed by atoms with van der Waals surface area (Å²) in [4.78, 5) is 30.6. The van der Waals surface area contributed by atoms with Gasteiger partial charge in [-0.2, -0.15) is 13.2 Å². The molecule has 1 aliphatic rings. The van der Waals surface area contributed by atoms with Crippen molar-refractivity contribution in [2.45, 2.75) is 72.3 Å². The van der Waals surface area contributed by atoms with Gasteiger partial charge < -0.3 is 19.7 Å². The second kappa shape index (κ2) is 11.0. The number of nitrogens with one attached hydrogen (secondary N) is 1. The van der Waals surface area contributed by atoms with Crippen LogP contribution in [0.3, 0.4) is 0 Å². The van der Waals surface area contributed by atoms with Gasteiger partial charge in [-0.05, 0) is 76.3 Å². The van der Waals surface area contributed by atoms with Crippen LogP contribution < -0.4 is 10.1 Å². The summed E-state index contributed by atoms with van der Waals surface area (Å²) in [5.41, 5.74) is 0.0386. The van der Waals surface area contributed by atoms with Gasteiger partial charge in [0.15, 0.2) is 0 Å². The van der Waals surface area contributed by atoms with Crippen LogP contribution in [0.1, 0.15) is 69.6 Å². The summed E-state index contributed by atoms with van der Waals surface area (Å²) < 4.78 is 52.8. The average Bonchev–Trinajstić information content (AvgIpc) is 3.11. The summed E-state index contributed by atoms with van der Waals surface area (Å²) in [7, 11) is 0. The third-order valence-corrected chi connectivity index (χ3v) is 5.89. The number of fused-ring (bicyclic) bond motifs is 1. The Labute approximate surface area is 215 Å². The quantitative estimate of drug-likeness (QED) is 0.457. The molecule has 2 amide bonds. The fourth-order valence-electron chi connectivity index (χ4n) is 4.29. The number of rotatable bonds is 8. The number of ether oxygens (including phenoxy) is 2. The van der Waals surface area contributed by atoms with E-state index in [0.717, 1.165) is 6.07 Å². The first-order valence-electron chi connectivity index (χ1n) is 12.3. The van der Waals surface area contributed by atoms with Crippen molar-refractivity contribution in [2.24, 2.45) is 5.92 Å². The first-order valence-corrected chi connectivity index (χ1v) is 12.3. The number of hydrogen-bond donors (Lipinski definition) is 1. The minimum Gasteiger partial charge on any atom is -0.493 e. The topological polar surface area (TPSA) is 80.8 Å². The van der Waals surface area contributed by atoms with E-state index in [9.17, 15) is 22.8 Å². The summed E-state index contributed by atoms with van der Waals surface area (Å²) in [6.07, 6.45) is -3.22. The molecule has 37 heavy (non-hydrogen) atoms. The molecule has 1 N–H and O–H groups in total. The number of pyridine rings is 1. The molecule has 1 aromatic heterocycles. The summed E-state index contributed by atoms with van der Waals surface area (Å²) in [5.74, 6) is -0.674. The van der Waals surface area contributed by atoms with E-state index >= 15 is 0 Å². The van der Waals surface area contributed by atoms with Gasteiger partial charge in [0.2, 0.25) is 0 Å². The Balaban J connectivity index is 1.74. The molecular formula is C27H34F3N3O4. The van der Waals surface area contributed by atoms with Crippen molar-refractivity contribution in [3.8, 4) is 16.9 Å². The van der Waals surface area contributed by atoms with Gasteiger partial charge in [0, 0.05) is 18.8 Å². The van der Waals surface area contributed by atoms with Crippen LogP contribution in [0.15, 0.2) is 30.5 Å². The molecular weight excluding hydrogens is 487 g/mol. The number of halogens is 3. The number of alkyl carbamates (subject to hydrolysis) is 1. The van der Waals surface area contributed by atoms with Crippen LogP contribution in [0, 0.1) is 5.92 Å². The number of hydrogen-bond acceptors (Lipinski definition) is 5. The second-order valence-electron chi connectivity index (χ2n) is 10.4. The monoisotopic (exact) mass is 521 g/mol. The largest absolute Gasteiger partial charge is 0.493 e. The van der Waals surface area contributed by atoms with Crippen LogP contribution in [-0.2, 0) is 17.5 Å². The lowest BCUT2D eigenvalue weighted by Crippen LogP contribution is -2.38. The zero-order chi connectivity index (χ0) is 27.5. The fraction of sp³-hybridized carbons (Fsp3) is 0.519. The normalized spacial score (nSPS) is 15.3. The molecule has 2 aromatic rings. The molecule has 0 saturated carbocycles. The van der Waals surface area contributed by atoms with Gasteiger partial charge in [0.05, 0.1) is 30.0 Å². The van der Waals surface area contributed by atoms with Crippen molar-refractivity contribution in [3.05, 3.63) is 47.3 Å². The van der Waals surface area contributed by atoms with Crippen molar-refractivity contribution < 1.29 is 32.2 Å². The molecule has 0 fully saturated rings. The van der Waals surface area contributed by atoms with Crippen molar-refractivity contribution in [1.29, 1.82) is 0 Å². The molecule has 3 rings (SSSR count). The van der Waals surface area contributed by atoms with Crippen LogP contribution in [0.25, 0.3) is 11.1 Å². The fourth-order valence-corrected chi connectivity index (χ4v) is 4.29. The predicted octanol–water partition coefficient (Wildman–Crippen LogP) is 6.06. The SMILES string of the molecule is CCN1Cc2nccc(-c3ccc(OCC(C)CC(C)NC(=O)OC(C)(C)C)c(C(F)(F)F)c3)c2C1=O. The molecule has 0 spiro atoms. The summed E-state index contributed by atoms with van der Waals surface area (Å²) in [5, 5.41) is 2.73. The van der Waals surface area contributed by atoms with E-state index in [-0.39, 0.29) is 35.8 Å². The van der Waals surface area contributed by atoms with E-state index in [2.05, 4.69) is 10.3 Å². The van der Waals surface area contributed by atoms with Crippen LogP contribution in [0.5, 0.6) is 5.75 Å². The lowest BCUT2D eigenvalue weighted by molar-refractivity contribution is -0.139. The highest BCUT2D eigenvalue weighted by Gasteiger charge is 2.36. The molecule has 1 aromatic carbocycles. The van der Waals surface area contributed by atoms with Crippen molar-refractivity contribution in [2.75, 3.05) is 13.2 Å². The standard InChI is InChI=1S/C27H34F3N3O4/c1-7-33-14-21-23(24(33)34)19(10-11-31-21)18-8-9-22(20(13-18)27(28,29)30)36-15-16(2)12-17(3)32-25(35)37-26(4,5)6/h8-11,13,16-17H,7,12,14-15H2,1-6H3,(H,32,35). The molecule has 0 aliphatic carbocycles. The maximum atomic E-state index is 14.0. The minimum absolute atomic E-state index is 0.0252. The molecule has 1 aliphatic heterocycles. The lowest BCUT2D eigenvalue weighted by atomic mass is 9.97. The maximum Gasteiger partial charge on any atom is 0.419 e. The Morgan fingerprint density at radius 2 is 1.89 bits per heavy atom. The Morgan fingerprint density at radius 1 is 1.19 bits per heavy atom.